The van der Waals surface area contributed by atoms with Crippen LogP contribution in [0, 0.1) is 46.3 Å². The van der Waals surface area contributed by atoms with Crippen LogP contribution in [0.4, 0.5) is 0 Å². The van der Waals surface area contributed by atoms with Crippen molar-refractivity contribution in [1.82, 2.24) is 0 Å². The van der Waals surface area contributed by atoms with E-state index < -0.39 is 0 Å². The maximum absolute atomic E-state index is 13.9. The molecule has 0 spiro atoms. The topological polar surface area (TPSA) is 77.5 Å². The summed E-state index contributed by atoms with van der Waals surface area (Å²) in [6.07, 6.45) is 5.68. The number of esters is 1. The molecular weight excluding hydrogens is 452 g/mol. The van der Waals surface area contributed by atoms with Crippen LogP contribution in [0.15, 0.2) is 23.3 Å². The molecule has 8 atom stereocenters. The molecule has 0 aliphatic heterocycles. The number of ketones is 3. The normalized spacial score (nSPS) is 37.7. The Morgan fingerprint density at radius 2 is 1.83 bits per heavy atom. The Morgan fingerprint density at radius 3 is 2.50 bits per heavy atom. The fourth-order valence-electron chi connectivity index (χ4n) is 8.50. The Bertz CT molecular complexity index is 1020. The fourth-order valence-corrected chi connectivity index (χ4v) is 8.50. The number of rotatable bonds is 7. The molecule has 0 N–H and O–H groups in total. The van der Waals surface area contributed by atoms with E-state index in [-0.39, 0.29) is 57.8 Å². The summed E-state index contributed by atoms with van der Waals surface area (Å²) >= 11 is 0. The molecule has 198 valence electrons. The summed E-state index contributed by atoms with van der Waals surface area (Å²) in [6, 6.07) is 0. The average molecular weight is 497 g/mol. The van der Waals surface area contributed by atoms with Crippen molar-refractivity contribution in [3.63, 3.8) is 0 Å². The van der Waals surface area contributed by atoms with Gasteiger partial charge in [-0.1, -0.05) is 39.8 Å². The third kappa shape index (κ3) is 4.15. The molecule has 4 aliphatic rings. The van der Waals surface area contributed by atoms with Crippen molar-refractivity contribution in [1.29, 1.82) is 0 Å². The van der Waals surface area contributed by atoms with Gasteiger partial charge in [0.2, 0.25) is 0 Å². The van der Waals surface area contributed by atoms with Gasteiger partial charge in [-0.15, -0.1) is 0 Å². The van der Waals surface area contributed by atoms with Crippen molar-refractivity contribution in [2.45, 2.75) is 92.9 Å². The minimum Gasteiger partial charge on any atom is -0.466 e. The lowest BCUT2D eigenvalue weighted by Gasteiger charge is -2.53. The summed E-state index contributed by atoms with van der Waals surface area (Å²) in [5.74, 6) is 0.563. The molecule has 0 aromatic rings. The summed E-state index contributed by atoms with van der Waals surface area (Å²) in [5.41, 5.74) is 1.92. The van der Waals surface area contributed by atoms with Gasteiger partial charge in [0.15, 0.2) is 11.6 Å². The van der Waals surface area contributed by atoms with Gasteiger partial charge in [-0.25, -0.2) is 0 Å². The number of hydrogen-bond acceptors (Lipinski definition) is 5. The van der Waals surface area contributed by atoms with Crippen LogP contribution in [0.25, 0.3) is 0 Å². The van der Waals surface area contributed by atoms with E-state index >= 15 is 0 Å². The van der Waals surface area contributed by atoms with Crippen LogP contribution in [0.5, 0.6) is 0 Å². The fraction of sp³-hybridized carbons (Fsp3) is 0.742. The molecule has 2 saturated carbocycles. The molecule has 1 unspecified atom stereocenters. The first-order valence-corrected chi connectivity index (χ1v) is 14.0. The molecule has 4 rings (SSSR count). The van der Waals surface area contributed by atoms with Gasteiger partial charge < -0.3 is 4.74 Å². The number of carbonyl (C=O) groups is 4. The minimum atomic E-state index is -0.361. The summed E-state index contributed by atoms with van der Waals surface area (Å²) in [6.45, 7) is 16.8. The Hall–Kier alpha value is -2.04. The number of carbonyl (C=O) groups excluding carboxylic acids is 4. The van der Waals surface area contributed by atoms with Gasteiger partial charge in [0.05, 0.1) is 12.5 Å². The Balaban J connectivity index is 1.56. The standard InChI is InChI=1S/C31H44O5/c1-8-36-29(35)19(4)17(2)9-10-18(3)21-11-12-22-27-25(33)15-23-20(5)24(32)13-14-30(23,6)28(27)26(34)16-31(21,22)7/h18-23H,2,8-16H2,1,3-7H3/t18-,19?,20+,21-,22+,23+,30+,31-/m1/s1. The third-order valence-corrected chi connectivity index (χ3v) is 10.8. The molecule has 2 fully saturated rings. The molecule has 36 heavy (non-hydrogen) atoms. The van der Waals surface area contributed by atoms with Crippen LogP contribution in [-0.4, -0.2) is 29.9 Å². The Labute approximate surface area is 216 Å². The second-order valence-corrected chi connectivity index (χ2v) is 12.7. The summed E-state index contributed by atoms with van der Waals surface area (Å²) in [4.78, 5) is 52.1. The molecule has 0 heterocycles. The van der Waals surface area contributed by atoms with E-state index in [1.54, 1.807) is 0 Å². The van der Waals surface area contributed by atoms with Gasteiger partial charge in [0.25, 0.3) is 0 Å². The van der Waals surface area contributed by atoms with Crippen molar-refractivity contribution in [2.75, 3.05) is 6.61 Å². The molecule has 5 nitrogen and oxygen atoms in total. The van der Waals surface area contributed by atoms with E-state index in [4.69, 9.17) is 4.74 Å². The lowest BCUT2D eigenvalue weighted by molar-refractivity contribution is -0.146. The largest absolute Gasteiger partial charge is 0.466 e. The van der Waals surface area contributed by atoms with Crippen molar-refractivity contribution in [2.24, 2.45) is 46.3 Å². The van der Waals surface area contributed by atoms with E-state index in [1.807, 2.05) is 20.8 Å². The van der Waals surface area contributed by atoms with Gasteiger partial charge in [0.1, 0.15) is 5.78 Å². The van der Waals surface area contributed by atoms with Crippen LogP contribution >= 0.6 is 0 Å². The van der Waals surface area contributed by atoms with Crippen molar-refractivity contribution < 1.29 is 23.9 Å². The number of allylic oxidation sites excluding steroid dienone is 2. The van der Waals surface area contributed by atoms with Gasteiger partial charge >= 0.3 is 5.97 Å². The second-order valence-electron chi connectivity index (χ2n) is 12.7. The van der Waals surface area contributed by atoms with E-state index in [0.29, 0.717) is 44.1 Å². The van der Waals surface area contributed by atoms with Gasteiger partial charge in [-0.2, -0.15) is 0 Å². The predicted molar refractivity (Wildman–Crippen MR) is 139 cm³/mol. The van der Waals surface area contributed by atoms with Gasteiger partial charge in [-0.3, -0.25) is 19.2 Å². The van der Waals surface area contributed by atoms with Crippen LogP contribution < -0.4 is 0 Å². The highest BCUT2D eigenvalue weighted by atomic mass is 16.5. The maximum Gasteiger partial charge on any atom is 0.312 e. The highest BCUT2D eigenvalue weighted by molar-refractivity contribution is 6.11. The summed E-state index contributed by atoms with van der Waals surface area (Å²) in [7, 11) is 0. The zero-order valence-corrected chi connectivity index (χ0v) is 23.1. The SMILES string of the molecule is C=C(CC[C@@H](C)[C@H]1CC[C@H]2C3=C(C(=O)C[C@]12C)[C@@]1(C)CCC(=O)[C@@H](C)[C@@H]1CC3=O)C(C)C(=O)OCC. The zero-order chi connectivity index (χ0) is 26.6. The molecule has 0 aromatic carbocycles. The van der Waals surface area contributed by atoms with Crippen LogP contribution in [0.1, 0.15) is 92.9 Å². The first-order valence-electron chi connectivity index (χ1n) is 14.0. The molecule has 0 saturated heterocycles. The number of Topliss-reactive ketones (excluding diaryl/α,β-unsaturated/α-hetero) is 3. The second kappa shape index (κ2) is 9.68. The molecule has 0 radical (unpaired) electrons. The summed E-state index contributed by atoms with van der Waals surface area (Å²) in [5, 5.41) is 0. The maximum atomic E-state index is 13.9. The molecule has 5 heteroatoms. The van der Waals surface area contributed by atoms with E-state index in [9.17, 15) is 19.2 Å². The average Bonchev–Trinajstić information content (AvgIpc) is 3.17. The highest BCUT2D eigenvalue weighted by Crippen LogP contribution is 2.64. The minimum absolute atomic E-state index is 0.0539. The van der Waals surface area contributed by atoms with Gasteiger partial charge in [-0.05, 0) is 75.0 Å². The number of ether oxygens (including phenoxy) is 1. The molecule has 4 aliphatic carbocycles. The lowest BCUT2D eigenvalue weighted by atomic mass is 9.48. The molecule has 0 bridgehead atoms. The van der Waals surface area contributed by atoms with E-state index in [0.717, 1.165) is 42.4 Å². The first-order chi connectivity index (χ1) is 16.9. The Kier molecular flexibility index (Phi) is 7.27. The van der Waals surface area contributed by atoms with Crippen molar-refractivity contribution >= 4 is 23.3 Å². The highest BCUT2D eigenvalue weighted by Gasteiger charge is 2.61. The molecule has 0 aromatic heterocycles. The van der Waals surface area contributed by atoms with Crippen molar-refractivity contribution in [3.05, 3.63) is 23.3 Å². The Morgan fingerprint density at radius 1 is 1.14 bits per heavy atom. The molecular formula is C31H44O5. The quantitative estimate of drug-likeness (QED) is 0.316. The van der Waals surface area contributed by atoms with Gasteiger partial charge in [0, 0.05) is 41.7 Å². The zero-order valence-electron chi connectivity index (χ0n) is 23.1. The molecule has 0 amide bonds. The number of hydrogen-bond donors (Lipinski definition) is 0. The van der Waals surface area contributed by atoms with Crippen LogP contribution in [-0.2, 0) is 23.9 Å². The van der Waals surface area contributed by atoms with Crippen LogP contribution in [0.3, 0.4) is 0 Å². The van der Waals surface area contributed by atoms with Crippen molar-refractivity contribution in [3.8, 4) is 0 Å². The van der Waals surface area contributed by atoms with Crippen LogP contribution in [0.2, 0.25) is 0 Å². The smallest absolute Gasteiger partial charge is 0.312 e. The third-order valence-electron chi connectivity index (χ3n) is 10.8. The van der Waals surface area contributed by atoms with E-state index in [1.165, 1.54) is 0 Å². The first kappa shape index (κ1) is 27.0. The van der Waals surface area contributed by atoms with E-state index in [2.05, 4.69) is 27.4 Å². The summed E-state index contributed by atoms with van der Waals surface area (Å²) < 4.78 is 5.16. The predicted octanol–water partition coefficient (Wildman–Crippen LogP) is 6.05. The number of fused-ring (bicyclic) bond motifs is 4. The monoisotopic (exact) mass is 496 g/mol. The lowest BCUT2D eigenvalue weighted by Crippen LogP contribution is -2.53.